The number of benzene rings is 1. The van der Waals surface area contributed by atoms with E-state index in [4.69, 9.17) is 17.0 Å². The normalized spacial score (nSPS) is 15.9. The summed E-state index contributed by atoms with van der Waals surface area (Å²) in [6.07, 6.45) is 2.21. The lowest BCUT2D eigenvalue weighted by Gasteiger charge is -2.18. The molecule has 3 nitrogen and oxygen atoms in total. The average Bonchev–Trinajstić information content (AvgIpc) is 3.33. The smallest absolute Gasteiger partial charge is 0.144 e. The average molecular weight is 365 g/mol. The second-order valence-corrected chi connectivity index (χ2v) is 6.35. The molecule has 1 fully saturated rings. The zero-order valence-corrected chi connectivity index (χ0v) is 14.2. The number of aromatic nitrogens is 2. The Morgan fingerprint density at radius 3 is 2.71 bits per heavy atom. The SMILES string of the molecule is CCOC(c1ccccc1)c1nc(=S)c(Br)c(C2CC2)[nH]1. The van der Waals surface area contributed by atoms with Crippen molar-refractivity contribution in [1.82, 2.24) is 9.97 Å². The predicted molar refractivity (Wildman–Crippen MR) is 89.0 cm³/mol. The molecule has 5 heteroatoms. The molecular formula is C16H17BrN2OS. The lowest BCUT2D eigenvalue weighted by atomic mass is 10.1. The molecule has 1 aliphatic carbocycles. The number of rotatable bonds is 5. The molecule has 1 saturated carbocycles. The van der Waals surface area contributed by atoms with Gasteiger partial charge in [-0.15, -0.1) is 0 Å². The number of hydrogen-bond acceptors (Lipinski definition) is 3. The van der Waals surface area contributed by atoms with Crippen LogP contribution < -0.4 is 0 Å². The number of halogens is 1. The minimum absolute atomic E-state index is 0.205. The zero-order chi connectivity index (χ0) is 14.8. The van der Waals surface area contributed by atoms with E-state index in [9.17, 15) is 0 Å². The van der Waals surface area contributed by atoms with Crippen molar-refractivity contribution >= 4 is 28.1 Å². The van der Waals surface area contributed by atoms with Gasteiger partial charge in [-0.2, -0.15) is 0 Å². The molecule has 1 N–H and O–H groups in total. The van der Waals surface area contributed by atoms with E-state index in [0.29, 0.717) is 17.2 Å². The van der Waals surface area contributed by atoms with Crippen LogP contribution in [0, 0.1) is 4.64 Å². The van der Waals surface area contributed by atoms with Gasteiger partial charge in [0, 0.05) is 18.2 Å². The molecule has 2 aromatic rings. The highest BCUT2D eigenvalue weighted by Gasteiger charge is 2.29. The van der Waals surface area contributed by atoms with E-state index in [1.54, 1.807) is 0 Å². The highest BCUT2D eigenvalue weighted by molar-refractivity contribution is 9.10. The molecule has 0 bridgehead atoms. The molecule has 0 spiro atoms. The van der Waals surface area contributed by atoms with Gasteiger partial charge in [-0.05, 0) is 41.3 Å². The van der Waals surface area contributed by atoms with Crippen LogP contribution in [0.15, 0.2) is 34.8 Å². The van der Waals surface area contributed by atoms with Crippen LogP contribution in [0.2, 0.25) is 0 Å². The first kappa shape index (κ1) is 14.9. The highest BCUT2D eigenvalue weighted by atomic mass is 79.9. The molecule has 1 aromatic heterocycles. The maximum atomic E-state index is 5.91. The second kappa shape index (κ2) is 6.38. The molecule has 0 radical (unpaired) electrons. The van der Waals surface area contributed by atoms with Gasteiger partial charge in [-0.3, -0.25) is 0 Å². The highest BCUT2D eigenvalue weighted by Crippen LogP contribution is 2.42. The van der Waals surface area contributed by atoms with Crippen molar-refractivity contribution in [3.63, 3.8) is 0 Å². The van der Waals surface area contributed by atoms with E-state index in [0.717, 1.165) is 21.6 Å². The van der Waals surface area contributed by atoms with Gasteiger partial charge < -0.3 is 9.72 Å². The van der Waals surface area contributed by atoms with Crippen LogP contribution in [0.3, 0.4) is 0 Å². The number of hydrogen-bond donors (Lipinski definition) is 1. The molecule has 0 amide bonds. The lowest BCUT2D eigenvalue weighted by Crippen LogP contribution is -2.12. The zero-order valence-electron chi connectivity index (χ0n) is 11.8. The predicted octanol–water partition coefficient (Wildman–Crippen LogP) is 4.90. The topological polar surface area (TPSA) is 37.9 Å². The van der Waals surface area contributed by atoms with Crippen LogP contribution in [-0.2, 0) is 4.74 Å². The first-order valence-corrected chi connectivity index (χ1v) is 8.37. The van der Waals surface area contributed by atoms with Crippen molar-refractivity contribution in [2.75, 3.05) is 6.61 Å². The van der Waals surface area contributed by atoms with Crippen molar-refractivity contribution in [1.29, 1.82) is 0 Å². The first-order chi connectivity index (χ1) is 10.2. The van der Waals surface area contributed by atoms with Crippen LogP contribution in [0.4, 0.5) is 0 Å². The fourth-order valence-corrected chi connectivity index (χ4v) is 3.12. The molecule has 1 atom stereocenters. The van der Waals surface area contributed by atoms with Gasteiger partial charge in [0.25, 0.3) is 0 Å². The molecule has 0 aliphatic heterocycles. The Morgan fingerprint density at radius 2 is 2.10 bits per heavy atom. The first-order valence-electron chi connectivity index (χ1n) is 7.17. The number of nitrogens with zero attached hydrogens (tertiary/aromatic N) is 1. The quantitative estimate of drug-likeness (QED) is 0.766. The van der Waals surface area contributed by atoms with Gasteiger partial charge in [0.1, 0.15) is 16.6 Å². The Bertz CT molecular complexity index is 682. The summed E-state index contributed by atoms with van der Waals surface area (Å²) >= 11 is 8.96. The third kappa shape index (κ3) is 3.25. The molecule has 3 rings (SSSR count). The Labute approximate surface area is 137 Å². The molecule has 1 aromatic carbocycles. The number of H-pyrrole nitrogens is 1. The van der Waals surface area contributed by atoms with E-state index >= 15 is 0 Å². The van der Waals surface area contributed by atoms with E-state index < -0.39 is 0 Å². The Hall–Kier alpha value is -1.04. The number of nitrogens with one attached hydrogen (secondary N) is 1. The van der Waals surface area contributed by atoms with Crippen molar-refractivity contribution in [3.8, 4) is 0 Å². The van der Waals surface area contributed by atoms with Crippen molar-refractivity contribution < 1.29 is 4.74 Å². The summed E-state index contributed by atoms with van der Waals surface area (Å²) in [5.74, 6) is 1.36. The summed E-state index contributed by atoms with van der Waals surface area (Å²) in [7, 11) is 0. The number of ether oxygens (including phenoxy) is 1. The minimum atomic E-state index is -0.205. The third-order valence-electron chi connectivity index (χ3n) is 3.58. The van der Waals surface area contributed by atoms with Crippen molar-refractivity contribution in [2.45, 2.75) is 31.8 Å². The lowest BCUT2D eigenvalue weighted by molar-refractivity contribution is 0.0848. The van der Waals surface area contributed by atoms with Crippen LogP contribution in [0.5, 0.6) is 0 Å². The second-order valence-electron chi connectivity index (χ2n) is 5.18. The van der Waals surface area contributed by atoms with E-state index in [-0.39, 0.29) is 6.10 Å². The fourth-order valence-electron chi connectivity index (χ4n) is 2.40. The van der Waals surface area contributed by atoms with Crippen molar-refractivity contribution in [3.05, 3.63) is 56.5 Å². The molecule has 1 unspecified atom stereocenters. The van der Waals surface area contributed by atoms with Crippen molar-refractivity contribution in [2.24, 2.45) is 0 Å². The van der Waals surface area contributed by atoms with Crippen LogP contribution in [0.1, 0.15) is 48.9 Å². The van der Waals surface area contributed by atoms with Gasteiger partial charge >= 0.3 is 0 Å². The van der Waals surface area contributed by atoms with E-state index in [2.05, 4.69) is 38.0 Å². The minimum Gasteiger partial charge on any atom is -0.366 e. The molecule has 0 saturated heterocycles. The van der Waals surface area contributed by atoms with Crippen LogP contribution in [-0.4, -0.2) is 16.6 Å². The molecule has 1 heterocycles. The summed E-state index contributed by atoms with van der Waals surface area (Å²) in [5, 5.41) is 0. The monoisotopic (exact) mass is 364 g/mol. The maximum Gasteiger partial charge on any atom is 0.144 e. The van der Waals surface area contributed by atoms with Gasteiger partial charge in [-0.25, -0.2) is 4.98 Å². The van der Waals surface area contributed by atoms with Crippen LogP contribution >= 0.6 is 28.1 Å². The van der Waals surface area contributed by atoms with E-state index in [1.807, 2.05) is 25.1 Å². The maximum absolute atomic E-state index is 5.91. The third-order valence-corrected chi connectivity index (χ3v) is 4.94. The van der Waals surface area contributed by atoms with Gasteiger partial charge in [-0.1, -0.05) is 42.5 Å². The van der Waals surface area contributed by atoms with Crippen LogP contribution in [0.25, 0.3) is 0 Å². The Morgan fingerprint density at radius 1 is 1.38 bits per heavy atom. The molecular weight excluding hydrogens is 348 g/mol. The largest absolute Gasteiger partial charge is 0.366 e. The van der Waals surface area contributed by atoms with Gasteiger partial charge in [0.15, 0.2) is 0 Å². The standard InChI is InChI=1S/C16H17BrN2OS/c1-2-20-14(11-6-4-3-5-7-11)15-18-13(10-8-9-10)12(17)16(21)19-15/h3-7,10,14H,2,8-9H2,1H3,(H,18,19,21). The summed E-state index contributed by atoms with van der Waals surface area (Å²) in [4.78, 5) is 7.98. The van der Waals surface area contributed by atoms with Gasteiger partial charge in [0.2, 0.25) is 0 Å². The Balaban J connectivity index is 2.05. The Kier molecular flexibility index (Phi) is 4.52. The van der Waals surface area contributed by atoms with E-state index in [1.165, 1.54) is 12.8 Å². The molecule has 1 aliphatic rings. The molecule has 21 heavy (non-hydrogen) atoms. The molecule has 110 valence electrons. The fraction of sp³-hybridized carbons (Fsp3) is 0.375. The van der Waals surface area contributed by atoms with Gasteiger partial charge in [0.05, 0.1) is 4.47 Å². The summed E-state index contributed by atoms with van der Waals surface area (Å²) < 4.78 is 7.43. The summed E-state index contributed by atoms with van der Waals surface area (Å²) in [5.41, 5.74) is 2.24. The summed E-state index contributed by atoms with van der Waals surface area (Å²) in [6.45, 7) is 2.61. The summed E-state index contributed by atoms with van der Waals surface area (Å²) in [6, 6.07) is 10.1. The number of aromatic amines is 1.